The van der Waals surface area contributed by atoms with Gasteiger partial charge < -0.3 is 14.4 Å². The fraction of sp³-hybridized carbons (Fsp3) is 0.588. The molecule has 6 nitrogen and oxygen atoms in total. The predicted molar refractivity (Wildman–Crippen MR) is 91.2 cm³/mol. The third-order valence-electron chi connectivity index (χ3n) is 4.17. The van der Waals surface area contributed by atoms with E-state index in [4.69, 9.17) is 9.47 Å². The van der Waals surface area contributed by atoms with Crippen LogP contribution in [0.2, 0.25) is 0 Å². The molecule has 24 heavy (non-hydrogen) atoms. The molecule has 2 rings (SSSR count). The number of likely N-dealkylation sites (tertiary alicyclic amines) is 1. The summed E-state index contributed by atoms with van der Waals surface area (Å²) < 4.78 is 34.4. The smallest absolute Gasteiger partial charge is 0.253 e. The van der Waals surface area contributed by atoms with Crippen molar-refractivity contribution in [2.75, 3.05) is 39.7 Å². The van der Waals surface area contributed by atoms with Crippen molar-refractivity contribution in [3.8, 4) is 5.75 Å². The molecule has 0 aliphatic carbocycles. The van der Waals surface area contributed by atoms with E-state index in [1.165, 1.54) is 19.2 Å². The minimum absolute atomic E-state index is 0.0405. The van der Waals surface area contributed by atoms with E-state index in [1.54, 1.807) is 11.0 Å². The Morgan fingerprint density at radius 3 is 2.75 bits per heavy atom. The molecule has 0 bridgehead atoms. The maximum atomic E-state index is 12.7. The number of hydrogen-bond donors (Lipinski definition) is 0. The summed E-state index contributed by atoms with van der Waals surface area (Å²) in [6.45, 7) is 4.59. The van der Waals surface area contributed by atoms with Crippen molar-refractivity contribution in [3.63, 3.8) is 0 Å². The van der Waals surface area contributed by atoms with Crippen LogP contribution in [0.3, 0.4) is 0 Å². The molecule has 1 aromatic carbocycles. The van der Waals surface area contributed by atoms with Gasteiger partial charge in [0, 0.05) is 31.5 Å². The minimum atomic E-state index is -3.47. The van der Waals surface area contributed by atoms with Crippen LogP contribution in [0, 0.1) is 5.92 Å². The molecule has 7 heteroatoms. The number of hydrogen-bond acceptors (Lipinski definition) is 5. The Kier molecular flexibility index (Phi) is 6.23. The van der Waals surface area contributed by atoms with Crippen molar-refractivity contribution in [2.45, 2.75) is 24.7 Å². The van der Waals surface area contributed by atoms with Gasteiger partial charge in [0.15, 0.2) is 9.84 Å². The molecule has 1 unspecified atom stereocenters. The maximum absolute atomic E-state index is 12.7. The molecule has 1 saturated heterocycles. The molecule has 1 aliphatic rings. The van der Waals surface area contributed by atoms with Gasteiger partial charge in [-0.2, -0.15) is 0 Å². The predicted octanol–water partition coefficient (Wildman–Crippen LogP) is 1.99. The van der Waals surface area contributed by atoms with Crippen LogP contribution in [0.15, 0.2) is 23.1 Å². The van der Waals surface area contributed by atoms with Crippen molar-refractivity contribution in [2.24, 2.45) is 5.92 Å². The van der Waals surface area contributed by atoms with Gasteiger partial charge in [-0.15, -0.1) is 0 Å². The number of piperidine rings is 1. The Morgan fingerprint density at radius 1 is 1.38 bits per heavy atom. The summed E-state index contributed by atoms with van der Waals surface area (Å²) in [7, 11) is -2.06. The molecular formula is C17H25NO5S. The van der Waals surface area contributed by atoms with Gasteiger partial charge in [-0.1, -0.05) is 0 Å². The van der Waals surface area contributed by atoms with E-state index in [1.807, 2.05) is 6.92 Å². The fourth-order valence-corrected chi connectivity index (χ4v) is 3.81. The number of nitrogens with zero attached hydrogens (tertiary/aromatic N) is 1. The Bertz CT molecular complexity index is 686. The quantitative estimate of drug-likeness (QED) is 0.780. The van der Waals surface area contributed by atoms with Gasteiger partial charge in [0.05, 0.1) is 13.7 Å². The highest BCUT2D eigenvalue weighted by Crippen LogP contribution is 2.26. The molecule has 0 aromatic heterocycles. The Hall–Kier alpha value is -1.60. The minimum Gasteiger partial charge on any atom is -0.495 e. The van der Waals surface area contributed by atoms with Crippen molar-refractivity contribution >= 4 is 15.7 Å². The standard InChI is InChI=1S/C17H25NO5S/c1-4-23-12-13-6-5-9-18(11-13)17(19)14-7-8-15(22-2)16(10-14)24(3,20)21/h7-8,10,13H,4-6,9,11-12H2,1-3H3. The van der Waals surface area contributed by atoms with Crippen molar-refractivity contribution in [3.05, 3.63) is 23.8 Å². The number of sulfone groups is 1. The first-order chi connectivity index (χ1) is 11.4. The second kappa shape index (κ2) is 7.98. The molecule has 1 heterocycles. The largest absolute Gasteiger partial charge is 0.495 e. The molecule has 1 fully saturated rings. The molecule has 134 valence electrons. The monoisotopic (exact) mass is 355 g/mol. The Labute approximate surface area is 143 Å². The van der Waals surface area contributed by atoms with Crippen LogP contribution in [0.1, 0.15) is 30.1 Å². The number of amides is 1. The summed E-state index contributed by atoms with van der Waals surface area (Å²) in [5.74, 6) is 0.431. The molecule has 0 saturated carbocycles. The number of ether oxygens (including phenoxy) is 2. The molecule has 1 atom stereocenters. The first-order valence-electron chi connectivity index (χ1n) is 8.12. The third kappa shape index (κ3) is 4.48. The summed E-state index contributed by atoms with van der Waals surface area (Å²) in [5, 5.41) is 0. The highest BCUT2D eigenvalue weighted by molar-refractivity contribution is 7.90. The number of methoxy groups -OCH3 is 1. The van der Waals surface area contributed by atoms with Crippen LogP contribution in [0.5, 0.6) is 5.75 Å². The molecule has 1 aromatic rings. The Balaban J connectivity index is 2.20. The topological polar surface area (TPSA) is 72.9 Å². The number of carbonyl (C=O) groups excluding carboxylic acids is 1. The summed E-state index contributed by atoms with van der Waals surface area (Å²) in [6, 6.07) is 4.55. The van der Waals surface area contributed by atoms with E-state index < -0.39 is 9.84 Å². The van der Waals surface area contributed by atoms with E-state index in [0.29, 0.717) is 37.8 Å². The second-order valence-corrected chi connectivity index (χ2v) is 8.04. The number of benzene rings is 1. The zero-order valence-corrected chi connectivity index (χ0v) is 15.3. The molecular weight excluding hydrogens is 330 g/mol. The third-order valence-corrected chi connectivity index (χ3v) is 5.29. The van der Waals surface area contributed by atoms with Crippen LogP contribution < -0.4 is 4.74 Å². The average Bonchev–Trinajstić information content (AvgIpc) is 2.58. The Morgan fingerprint density at radius 2 is 2.12 bits per heavy atom. The lowest BCUT2D eigenvalue weighted by molar-refractivity contribution is 0.0501. The highest BCUT2D eigenvalue weighted by atomic mass is 32.2. The summed E-state index contributed by atoms with van der Waals surface area (Å²) >= 11 is 0. The van der Waals surface area contributed by atoms with Gasteiger partial charge in [-0.3, -0.25) is 4.79 Å². The van der Waals surface area contributed by atoms with Gasteiger partial charge in [0.25, 0.3) is 5.91 Å². The van der Waals surface area contributed by atoms with Gasteiger partial charge in [0.2, 0.25) is 0 Å². The van der Waals surface area contributed by atoms with Gasteiger partial charge in [-0.25, -0.2) is 8.42 Å². The van der Waals surface area contributed by atoms with Crippen LogP contribution in [-0.2, 0) is 14.6 Å². The van der Waals surface area contributed by atoms with Gasteiger partial charge >= 0.3 is 0 Å². The van der Waals surface area contributed by atoms with Crippen LogP contribution in [0.4, 0.5) is 0 Å². The summed E-state index contributed by atoms with van der Waals surface area (Å²) in [6.07, 6.45) is 3.08. The van der Waals surface area contributed by atoms with Crippen LogP contribution in [0.25, 0.3) is 0 Å². The second-order valence-electron chi connectivity index (χ2n) is 6.06. The SMILES string of the molecule is CCOCC1CCCN(C(=O)c2ccc(OC)c(S(C)(=O)=O)c2)C1. The van der Waals surface area contributed by atoms with E-state index in [9.17, 15) is 13.2 Å². The number of rotatable bonds is 6. The zero-order chi connectivity index (χ0) is 17.7. The number of carbonyl (C=O) groups is 1. The highest BCUT2D eigenvalue weighted by Gasteiger charge is 2.26. The van der Waals surface area contributed by atoms with E-state index in [2.05, 4.69) is 0 Å². The fourth-order valence-electron chi connectivity index (χ4n) is 2.95. The zero-order valence-electron chi connectivity index (χ0n) is 14.4. The van der Waals surface area contributed by atoms with Crippen molar-refractivity contribution in [1.29, 1.82) is 0 Å². The van der Waals surface area contributed by atoms with Crippen LogP contribution >= 0.6 is 0 Å². The normalized spacial score (nSPS) is 18.5. The lowest BCUT2D eigenvalue weighted by Gasteiger charge is -2.32. The van der Waals surface area contributed by atoms with Crippen molar-refractivity contribution in [1.82, 2.24) is 4.90 Å². The lowest BCUT2D eigenvalue weighted by Crippen LogP contribution is -2.41. The van der Waals surface area contributed by atoms with Gasteiger partial charge in [-0.05, 0) is 43.9 Å². The average molecular weight is 355 g/mol. The van der Waals surface area contributed by atoms with Crippen molar-refractivity contribution < 1.29 is 22.7 Å². The summed E-state index contributed by atoms with van der Waals surface area (Å²) in [4.78, 5) is 14.6. The molecule has 1 aliphatic heterocycles. The molecule has 0 radical (unpaired) electrons. The first kappa shape index (κ1) is 18.7. The lowest BCUT2D eigenvalue weighted by atomic mass is 9.98. The van der Waals surface area contributed by atoms with E-state index in [-0.39, 0.29) is 16.6 Å². The molecule has 1 amide bonds. The van der Waals surface area contributed by atoms with Gasteiger partial charge in [0.1, 0.15) is 10.6 Å². The van der Waals surface area contributed by atoms with Crippen LogP contribution in [-0.4, -0.2) is 58.9 Å². The van der Waals surface area contributed by atoms with E-state index in [0.717, 1.165) is 19.1 Å². The van der Waals surface area contributed by atoms with E-state index >= 15 is 0 Å². The molecule has 0 spiro atoms. The first-order valence-corrected chi connectivity index (χ1v) is 10.0. The maximum Gasteiger partial charge on any atom is 0.253 e. The summed E-state index contributed by atoms with van der Waals surface area (Å²) in [5.41, 5.74) is 0.369. The molecule has 0 N–H and O–H groups in total.